The van der Waals surface area contributed by atoms with Crippen LogP contribution >= 0.6 is 0 Å². The first kappa shape index (κ1) is 17.3. The van der Waals surface area contributed by atoms with Gasteiger partial charge >= 0.3 is 5.91 Å². The molecule has 1 aromatic heterocycles. The lowest BCUT2D eigenvalue weighted by Crippen LogP contribution is -2.36. The van der Waals surface area contributed by atoms with Gasteiger partial charge in [-0.1, -0.05) is 0 Å². The van der Waals surface area contributed by atoms with Gasteiger partial charge in [0, 0.05) is 18.6 Å². The van der Waals surface area contributed by atoms with E-state index in [1.807, 2.05) is 6.92 Å². The van der Waals surface area contributed by atoms with Gasteiger partial charge in [0.1, 0.15) is 5.75 Å². The zero-order valence-electron chi connectivity index (χ0n) is 14.4. The SMILES string of the molecule is COc1ccc(C#N)cc1-c1cnc(C(=O)N[C@@H]2C[C@H](C)N(C#N)C2)o1. The number of oxazole rings is 1. The van der Waals surface area contributed by atoms with Crippen LogP contribution < -0.4 is 10.1 Å². The van der Waals surface area contributed by atoms with Crippen LogP contribution in [-0.4, -0.2) is 41.5 Å². The van der Waals surface area contributed by atoms with Crippen LogP contribution in [0, 0.1) is 22.8 Å². The van der Waals surface area contributed by atoms with Gasteiger partial charge in [-0.2, -0.15) is 10.5 Å². The normalized spacial score (nSPS) is 18.8. The average Bonchev–Trinajstić information content (AvgIpc) is 3.27. The summed E-state index contributed by atoms with van der Waals surface area (Å²) in [5.41, 5.74) is 0.989. The fraction of sp³-hybridized carbons (Fsp3) is 0.333. The summed E-state index contributed by atoms with van der Waals surface area (Å²) in [5, 5.41) is 20.9. The van der Waals surface area contributed by atoms with Crippen molar-refractivity contribution < 1.29 is 13.9 Å². The molecular formula is C18H17N5O3. The molecule has 0 saturated carbocycles. The van der Waals surface area contributed by atoms with Crippen molar-refractivity contribution in [3.63, 3.8) is 0 Å². The molecule has 2 heterocycles. The number of amides is 1. The summed E-state index contributed by atoms with van der Waals surface area (Å²) in [4.78, 5) is 18.0. The number of benzene rings is 1. The number of ether oxygens (including phenoxy) is 1. The monoisotopic (exact) mass is 351 g/mol. The number of carbonyl (C=O) groups is 1. The van der Waals surface area contributed by atoms with E-state index in [9.17, 15) is 4.79 Å². The fourth-order valence-electron chi connectivity index (χ4n) is 3.00. The second kappa shape index (κ2) is 7.16. The van der Waals surface area contributed by atoms with E-state index in [4.69, 9.17) is 19.7 Å². The average molecular weight is 351 g/mol. The van der Waals surface area contributed by atoms with E-state index < -0.39 is 5.91 Å². The Balaban J connectivity index is 1.77. The molecule has 0 radical (unpaired) electrons. The van der Waals surface area contributed by atoms with Gasteiger partial charge in [-0.3, -0.25) is 4.79 Å². The lowest BCUT2D eigenvalue weighted by Gasteiger charge is -2.11. The molecule has 132 valence electrons. The van der Waals surface area contributed by atoms with Crippen molar-refractivity contribution in [3.05, 3.63) is 35.9 Å². The van der Waals surface area contributed by atoms with Crippen molar-refractivity contribution in [1.29, 1.82) is 10.5 Å². The molecule has 1 amide bonds. The topological polar surface area (TPSA) is 115 Å². The van der Waals surface area contributed by atoms with Crippen LogP contribution in [0.5, 0.6) is 5.75 Å². The zero-order chi connectivity index (χ0) is 18.7. The van der Waals surface area contributed by atoms with Crippen LogP contribution in [0.25, 0.3) is 11.3 Å². The molecule has 1 fully saturated rings. The van der Waals surface area contributed by atoms with Crippen LogP contribution in [0.4, 0.5) is 0 Å². The van der Waals surface area contributed by atoms with E-state index in [1.165, 1.54) is 13.3 Å². The summed E-state index contributed by atoms with van der Waals surface area (Å²) in [6.45, 7) is 2.40. The van der Waals surface area contributed by atoms with Gasteiger partial charge in [0.25, 0.3) is 5.89 Å². The summed E-state index contributed by atoms with van der Waals surface area (Å²) >= 11 is 0. The predicted octanol–water partition coefficient (Wildman–Crippen LogP) is 1.90. The summed E-state index contributed by atoms with van der Waals surface area (Å²) < 4.78 is 10.9. The Morgan fingerprint density at radius 2 is 2.27 bits per heavy atom. The third kappa shape index (κ3) is 3.31. The van der Waals surface area contributed by atoms with E-state index >= 15 is 0 Å². The smallest absolute Gasteiger partial charge is 0.307 e. The number of nitrogens with zero attached hydrogens (tertiary/aromatic N) is 4. The van der Waals surface area contributed by atoms with Crippen LogP contribution in [0.1, 0.15) is 29.6 Å². The second-order valence-corrected chi connectivity index (χ2v) is 6.06. The van der Waals surface area contributed by atoms with E-state index in [0.29, 0.717) is 35.6 Å². The highest BCUT2D eigenvalue weighted by molar-refractivity contribution is 5.90. The minimum Gasteiger partial charge on any atom is -0.496 e. The van der Waals surface area contributed by atoms with E-state index in [0.717, 1.165) is 0 Å². The molecule has 3 rings (SSSR count). The van der Waals surface area contributed by atoms with Crippen molar-refractivity contribution >= 4 is 5.91 Å². The Morgan fingerprint density at radius 1 is 1.46 bits per heavy atom. The molecule has 8 nitrogen and oxygen atoms in total. The Labute approximate surface area is 150 Å². The molecule has 1 aliphatic heterocycles. The number of carbonyl (C=O) groups excluding carboxylic acids is 1. The van der Waals surface area contributed by atoms with Crippen LogP contribution in [0.2, 0.25) is 0 Å². The number of hydrogen-bond donors (Lipinski definition) is 1. The van der Waals surface area contributed by atoms with Gasteiger partial charge < -0.3 is 19.4 Å². The summed E-state index contributed by atoms with van der Waals surface area (Å²) in [5.74, 6) is 0.333. The summed E-state index contributed by atoms with van der Waals surface area (Å²) in [7, 11) is 1.51. The largest absolute Gasteiger partial charge is 0.496 e. The summed E-state index contributed by atoms with van der Waals surface area (Å²) in [6.07, 6.45) is 4.22. The molecule has 1 saturated heterocycles. The molecule has 1 N–H and O–H groups in total. The van der Waals surface area contributed by atoms with Gasteiger partial charge in [-0.05, 0) is 31.5 Å². The van der Waals surface area contributed by atoms with Gasteiger partial charge in [0.2, 0.25) is 0 Å². The Bertz CT molecular complexity index is 908. The molecule has 1 aromatic carbocycles. The maximum absolute atomic E-state index is 12.4. The van der Waals surface area contributed by atoms with E-state index in [-0.39, 0.29) is 18.0 Å². The van der Waals surface area contributed by atoms with Crippen LogP contribution in [-0.2, 0) is 0 Å². The van der Waals surface area contributed by atoms with Gasteiger partial charge in [-0.15, -0.1) is 0 Å². The summed E-state index contributed by atoms with van der Waals surface area (Å²) in [6, 6.07) is 6.91. The first-order chi connectivity index (χ1) is 12.5. The molecule has 2 aromatic rings. The van der Waals surface area contributed by atoms with Gasteiger partial charge in [0.15, 0.2) is 12.0 Å². The van der Waals surface area contributed by atoms with Crippen molar-refractivity contribution in [2.24, 2.45) is 0 Å². The molecule has 26 heavy (non-hydrogen) atoms. The number of likely N-dealkylation sites (tertiary alicyclic amines) is 1. The maximum Gasteiger partial charge on any atom is 0.307 e. The van der Waals surface area contributed by atoms with Crippen LogP contribution in [0.3, 0.4) is 0 Å². The minimum absolute atomic E-state index is 0.0764. The molecule has 0 aliphatic carbocycles. The Morgan fingerprint density at radius 3 is 2.92 bits per heavy atom. The van der Waals surface area contributed by atoms with Crippen molar-refractivity contribution in [2.45, 2.75) is 25.4 Å². The molecule has 1 aliphatic rings. The number of nitriles is 2. The molecule has 0 spiro atoms. The van der Waals surface area contributed by atoms with Crippen molar-refractivity contribution in [3.8, 4) is 29.3 Å². The standard InChI is InChI=1S/C18H17N5O3/c1-11-5-13(9-23(11)10-20)22-17(24)18-21-8-16(26-18)14-6-12(7-19)3-4-15(14)25-2/h3-4,6,8,11,13H,5,9H2,1-2H3,(H,22,24)/t11-,13+/m0/s1. The highest BCUT2D eigenvalue weighted by Gasteiger charge is 2.30. The lowest BCUT2D eigenvalue weighted by molar-refractivity contribution is 0.0904. The molecule has 0 bridgehead atoms. The number of nitrogens with one attached hydrogen (secondary N) is 1. The Kier molecular flexibility index (Phi) is 4.76. The minimum atomic E-state index is -0.441. The number of hydrogen-bond acceptors (Lipinski definition) is 7. The van der Waals surface area contributed by atoms with Crippen molar-refractivity contribution in [1.82, 2.24) is 15.2 Å². The number of aromatic nitrogens is 1. The fourth-order valence-corrected chi connectivity index (χ4v) is 3.00. The zero-order valence-corrected chi connectivity index (χ0v) is 14.4. The molecule has 2 atom stereocenters. The number of rotatable bonds is 4. The Hall–Kier alpha value is -3.52. The molecular weight excluding hydrogens is 334 g/mol. The van der Waals surface area contributed by atoms with Crippen molar-refractivity contribution in [2.75, 3.05) is 13.7 Å². The second-order valence-electron chi connectivity index (χ2n) is 6.06. The maximum atomic E-state index is 12.4. The first-order valence-electron chi connectivity index (χ1n) is 8.07. The lowest BCUT2D eigenvalue weighted by atomic mass is 10.1. The van der Waals surface area contributed by atoms with E-state index in [2.05, 4.69) is 22.6 Å². The highest BCUT2D eigenvalue weighted by atomic mass is 16.5. The molecule has 8 heteroatoms. The number of methoxy groups -OCH3 is 1. The molecule has 0 unspecified atom stereocenters. The third-order valence-electron chi connectivity index (χ3n) is 4.33. The van der Waals surface area contributed by atoms with E-state index in [1.54, 1.807) is 23.1 Å². The third-order valence-corrected chi connectivity index (χ3v) is 4.33. The van der Waals surface area contributed by atoms with Gasteiger partial charge in [0.05, 0.1) is 30.5 Å². The van der Waals surface area contributed by atoms with Gasteiger partial charge in [-0.25, -0.2) is 4.98 Å². The predicted molar refractivity (Wildman–Crippen MR) is 90.9 cm³/mol. The quantitative estimate of drug-likeness (QED) is 0.836. The van der Waals surface area contributed by atoms with Crippen LogP contribution in [0.15, 0.2) is 28.8 Å². The highest BCUT2D eigenvalue weighted by Crippen LogP contribution is 2.31. The first-order valence-corrected chi connectivity index (χ1v) is 8.07.